The first-order chi connectivity index (χ1) is 9.53. The van der Waals surface area contributed by atoms with Gasteiger partial charge in [-0.15, -0.1) is 0 Å². The minimum atomic E-state index is -3.01. The van der Waals surface area contributed by atoms with Crippen LogP contribution in [0.5, 0.6) is 0 Å². The molecule has 0 aliphatic carbocycles. The zero-order valence-corrected chi connectivity index (χ0v) is 12.7. The lowest BCUT2D eigenvalue weighted by atomic mass is 10.5. The summed E-state index contributed by atoms with van der Waals surface area (Å²) >= 11 is 4.92. The Morgan fingerprint density at radius 3 is 2.50 bits per heavy atom. The van der Waals surface area contributed by atoms with Crippen molar-refractivity contribution in [3.63, 3.8) is 0 Å². The fraction of sp³-hybridized carbons (Fsp3) is 0.727. The maximum Gasteiger partial charge on any atom is 0.261 e. The Kier molecular flexibility index (Phi) is 8.00. The van der Waals surface area contributed by atoms with Crippen LogP contribution in [0.15, 0.2) is 11.8 Å². The van der Waals surface area contributed by atoms with Crippen molar-refractivity contribution in [2.45, 2.75) is 0 Å². The summed E-state index contributed by atoms with van der Waals surface area (Å²) in [5.74, 6) is 0.00406. The molecule has 0 spiro atoms. The van der Waals surface area contributed by atoms with Crippen molar-refractivity contribution in [3.8, 4) is 0 Å². The first-order valence-electron chi connectivity index (χ1n) is 6.13. The van der Waals surface area contributed by atoms with Crippen LogP contribution in [0, 0.1) is 0 Å². The molecular formula is C11H19NO6S2. The van der Waals surface area contributed by atoms with Gasteiger partial charge in [-0.2, -0.15) is 0 Å². The summed E-state index contributed by atoms with van der Waals surface area (Å²) < 4.78 is 37.8. The van der Waals surface area contributed by atoms with Crippen molar-refractivity contribution >= 4 is 27.2 Å². The number of thiocarbonyl (C=S) groups is 1. The van der Waals surface area contributed by atoms with E-state index in [-0.39, 0.29) is 29.9 Å². The number of rotatable bonds is 9. The van der Waals surface area contributed by atoms with Crippen molar-refractivity contribution < 1.29 is 27.7 Å². The van der Waals surface area contributed by atoms with Crippen LogP contribution in [0.1, 0.15) is 0 Å². The van der Waals surface area contributed by atoms with Crippen molar-refractivity contribution in [2.24, 2.45) is 0 Å². The Morgan fingerprint density at radius 2 is 1.90 bits per heavy atom. The topological polar surface area (TPSA) is 94.1 Å². The fourth-order valence-corrected chi connectivity index (χ4v) is 2.87. The van der Waals surface area contributed by atoms with Gasteiger partial charge in [-0.05, 0) is 18.3 Å². The third-order valence-electron chi connectivity index (χ3n) is 2.29. The van der Waals surface area contributed by atoms with Gasteiger partial charge in [0.15, 0.2) is 9.84 Å². The van der Waals surface area contributed by atoms with E-state index in [9.17, 15) is 8.42 Å². The number of hydrogen-bond donors (Lipinski definition) is 2. The fourth-order valence-electron chi connectivity index (χ4n) is 1.42. The molecule has 0 saturated heterocycles. The molecule has 0 saturated carbocycles. The van der Waals surface area contributed by atoms with Crippen LogP contribution in [0.2, 0.25) is 0 Å². The Balaban J connectivity index is 1.98. The van der Waals surface area contributed by atoms with E-state index < -0.39 is 9.84 Å². The SMILES string of the molecule is O=S1(=O)CC=C(NC(=S)OCCOCCOCCO)C1. The van der Waals surface area contributed by atoms with E-state index in [1.54, 1.807) is 6.08 Å². The molecule has 0 aromatic rings. The van der Waals surface area contributed by atoms with E-state index in [1.807, 2.05) is 0 Å². The zero-order valence-electron chi connectivity index (χ0n) is 11.0. The average Bonchev–Trinajstić information content (AvgIpc) is 2.72. The number of aliphatic hydroxyl groups excluding tert-OH is 1. The highest BCUT2D eigenvalue weighted by atomic mass is 32.2. The molecule has 7 nitrogen and oxygen atoms in total. The van der Waals surface area contributed by atoms with Crippen LogP contribution in [0.25, 0.3) is 0 Å². The highest BCUT2D eigenvalue weighted by molar-refractivity contribution is 7.92. The standard InChI is InChI=1S/C11H19NO6S2/c13-2-3-16-4-5-17-6-7-18-11(19)12-10-1-8-20(14,15)9-10/h1,13H,2-9H2,(H,12,19). The Morgan fingerprint density at radius 1 is 1.25 bits per heavy atom. The third-order valence-corrected chi connectivity index (χ3v) is 3.94. The van der Waals surface area contributed by atoms with Crippen LogP contribution in [0.3, 0.4) is 0 Å². The molecule has 0 aromatic carbocycles. The molecule has 0 aromatic heterocycles. The Hall–Kier alpha value is -0.740. The second kappa shape index (κ2) is 9.24. The molecule has 2 N–H and O–H groups in total. The molecule has 0 unspecified atom stereocenters. The van der Waals surface area contributed by atoms with E-state index in [2.05, 4.69) is 5.32 Å². The molecule has 0 fully saturated rings. The second-order valence-corrected chi connectivity index (χ2v) is 6.47. The van der Waals surface area contributed by atoms with Crippen LogP contribution < -0.4 is 5.32 Å². The van der Waals surface area contributed by atoms with E-state index in [4.69, 9.17) is 31.5 Å². The largest absolute Gasteiger partial charge is 0.468 e. The first-order valence-corrected chi connectivity index (χ1v) is 8.36. The van der Waals surface area contributed by atoms with Gasteiger partial charge in [0, 0.05) is 5.70 Å². The monoisotopic (exact) mass is 325 g/mol. The normalized spacial score (nSPS) is 16.8. The van der Waals surface area contributed by atoms with Gasteiger partial charge in [0.05, 0.1) is 44.5 Å². The molecule has 1 rings (SSSR count). The quantitative estimate of drug-likeness (QED) is 0.421. The van der Waals surface area contributed by atoms with Crippen molar-refractivity contribution in [3.05, 3.63) is 11.8 Å². The smallest absolute Gasteiger partial charge is 0.261 e. The zero-order chi connectivity index (χ0) is 14.8. The Labute approximate surface area is 123 Å². The molecule has 1 heterocycles. The van der Waals surface area contributed by atoms with Gasteiger partial charge in [-0.1, -0.05) is 0 Å². The van der Waals surface area contributed by atoms with Crippen molar-refractivity contribution in [1.29, 1.82) is 0 Å². The summed E-state index contributed by atoms with van der Waals surface area (Å²) in [4.78, 5) is 0. The molecule has 1 aliphatic heterocycles. The minimum Gasteiger partial charge on any atom is -0.468 e. The third kappa shape index (κ3) is 7.75. The summed E-state index contributed by atoms with van der Waals surface area (Å²) in [6, 6.07) is 0. The predicted octanol–water partition coefficient (Wildman–Crippen LogP) is -0.785. The molecule has 116 valence electrons. The molecule has 0 bridgehead atoms. The van der Waals surface area contributed by atoms with Gasteiger partial charge in [0.25, 0.3) is 5.17 Å². The van der Waals surface area contributed by atoms with Gasteiger partial charge in [0.2, 0.25) is 0 Å². The molecule has 0 amide bonds. The second-order valence-electron chi connectivity index (χ2n) is 3.99. The van der Waals surface area contributed by atoms with Crippen LogP contribution in [-0.2, 0) is 24.0 Å². The van der Waals surface area contributed by atoms with Gasteiger partial charge >= 0.3 is 0 Å². The summed E-state index contributed by atoms with van der Waals surface area (Å²) in [7, 11) is -3.01. The summed E-state index contributed by atoms with van der Waals surface area (Å²) in [5, 5.41) is 11.3. The molecule has 1 aliphatic rings. The number of ether oxygens (including phenoxy) is 3. The summed E-state index contributed by atoms with van der Waals surface area (Å²) in [6.45, 7) is 1.73. The minimum absolute atomic E-state index is 0.00534. The Bertz CT molecular complexity index is 434. The summed E-state index contributed by atoms with van der Waals surface area (Å²) in [6.07, 6.45) is 1.58. The van der Waals surface area contributed by atoms with Gasteiger partial charge < -0.3 is 24.6 Å². The molecule has 20 heavy (non-hydrogen) atoms. The van der Waals surface area contributed by atoms with Crippen molar-refractivity contribution in [2.75, 3.05) is 51.1 Å². The predicted molar refractivity (Wildman–Crippen MR) is 77.1 cm³/mol. The maximum absolute atomic E-state index is 11.2. The lowest BCUT2D eigenvalue weighted by molar-refractivity contribution is 0.0236. The number of nitrogens with one attached hydrogen (secondary N) is 1. The van der Waals surface area contributed by atoms with Gasteiger partial charge in [-0.3, -0.25) is 0 Å². The van der Waals surface area contributed by atoms with Crippen LogP contribution >= 0.6 is 12.2 Å². The lowest BCUT2D eigenvalue weighted by Crippen LogP contribution is -2.26. The van der Waals surface area contributed by atoms with Gasteiger partial charge in [-0.25, -0.2) is 8.42 Å². The maximum atomic E-state index is 11.2. The first kappa shape index (κ1) is 17.3. The highest BCUT2D eigenvalue weighted by Crippen LogP contribution is 2.08. The van der Waals surface area contributed by atoms with E-state index in [1.165, 1.54) is 0 Å². The molecule has 0 atom stereocenters. The van der Waals surface area contributed by atoms with Gasteiger partial charge in [0.1, 0.15) is 6.61 Å². The van der Waals surface area contributed by atoms with Crippen LogP contribution in [-0.4, -0.2) is 69.8 Å². The van der Waals surface area contributed by atoms with E-state index in [0.29, 0.717) is 32.1 Å². The highest BCUT2D eigenvalue weighted by Gasteiger charge is 2.20. The van der Waals surface area contributed by atoms with E-state index >= 15 is 0 Å². The van der Waals surface area contributed by atoms with E-state index in [0.717, 1.165) is 0 Å². The molecular weight excluding hydrogens is 306 g/mol. The number of aliphatic hydroxyl groups is 1. The number of hydrogen-bond acceptors (Lipinski definition) is 7. The lowest BCUT2D eigenvalue weighted by Gasteiger charge is -2.10. The number of sulfone groups is 1. The molecule has 0 radical (unpaired) electrons. The van der Waals surface area contributed by atoms with Crippen LogP contribution in [0.4, 0.5) is 0 Å². The molecule has 9 heteroatoms. The average molecular weight is 325 g/mol. The summed E-state index contributed by atoms with van der Waals surface area (Å²) in [5.41, 5.74) is 0.549. The van der Waals surface area contributed by atoms with Crippen molar-refractivity contribution in [1.82, 2.24) is 5.32 Å².